The summed E-state index contributed by atoms with van der Waals surface area (Å²) in [5, 5.41) is 62.2. The third-order valence-electron chi connectivity index (χ3n) is 8.86. The Morgan fingerprint density at radius 2 is 1.77 bits per heavy atom. The zero-order valence-corrected chi connectivity index (χ0v) is 25.6. The van der Waals surface area contributed by atoms with Crippen molar-refractivity contribution in [3.8, 4) is 5.75 Å². The van der Waals surface area contributed by atoms with E-state index in [1.54, 1.807) is 19.0 Å². The molecule has 1 aromatic rings. The van der Waals surface area contributed by atoms with E-state index in [0.29, 0.717) is 17.7 Å². The van der Waals surface area contributed by atoms with E-state index in [-0.39, 0.29) is 36.3 Å². The van der Waals surface area contributed by atoms with Crippen LogP contribution in [-0.4, -0.2) is 94.6 Å². The van der Waals surface area contributed by atoms with E-state index in [4.69, 9.17) is 0 Å². The number of aliphatic hydroxyl groups excluding tert-OH is 2. The standard InChI is InChI=1S/C31H42N4O8/c1-8-14(2)12-32-13-17-11-20(34(4)5)18-9-16-10-19-23(28(39)21(16)27(38)22(18)26(17)37)31(42,43)24(30(41)33-15(3)36)29(40)25(19)35(6)7/h8,11,16,19,23,25,32,37-38,40,42-43H,9-10,12-13H2,1-7H3,(H,33,36,41)/b14-8+/t16?,19?,23?,25-/m0/s1. The first kappa shape index (κ1) is 32.2. The van der Waals surface area contributed by atoms with Crippen LogP contribution < -0.4 is 15.5 Å². The fraction of sp³-hybridized carbons (Fsp3) is 0.516. The van der Waals surface area contributed by atoms with Crippen molar-refractivity contribution in [1.29, 1.82) is 0 Å². The van der Waals surface area contributed by atoms with Gasteiger partial charge in [-0.3, -0.25) is 24.6 Å². The monoisotopic (exact) mass is 598 g/mol. The highest BCUT2D eigenvalue weighted by molar-refractivity contribution is 6.10. The molecule has 0 heterocycles. The Kier molecular flexibility index (Phi) is 8.81. The fourth-order valence-electron chi connectivity index (χ4n) is 6.89. The number of amides is 2. The number of hydrogen-bond acceptors (Lipinski definition) is 11. The third-order valence-corrected chi connectivity index (χ3v) is 8.86. The van der Waals surface area contributed by atoms with Crippen molar-refractivity contribution in [1.82, 2.24) is 15.5 Å². The topological polar surface area (TPSA) is 183 Å². The Morgan fingerprint density at radius 1 is 1.12 bits per heavy atom. The second kappa shape index (κ2) is 11.8. The van der Waals surface area contributed by atoms with Crippen LogP contribution in [0, 0.1) is 17.8 Å². The smallest absolute Gasteiger partial charge is 0.262 e. The van der Waals surface area contributed by atoms with Gasteiger partial charge in [-0.15, -0.1) is 0 Å². The summed E-state index contributed by atoms with van der Waals surface area (Å²) in [6.45, 7) is 5.83. The number of Topliss-reactive ketones (excluding diaryl/α,β-unsaturated/α-hetero) is 1. The number of anilines is 1. The minimum atomic E-state index is -3.15. The Morgan fingerprint density at radius 3 is 2.33 bits per heavy atom. The molecule has 0 aromatic heterocycles. The number of likely N-dealkylation sites (N-methyl/N-ethyl adjacent to an activating group) is 1. The van der Waals surface area contributed by atoms with Crippen LogP contribution in [0.2, 0.25) is 0 Å². The van der Waals surface area contributed by atoms with Gasteiger partial charge in [-0.25, -0.2) is 0 Å². The van der Waals surface area contributed by atoms with Crippen LogP contribution in [0.1, 0.15) is 43.9 Å². The molecule has 0 radical (unpaired) electrons. The molecular weight excluding hydrogens is 556 g/mol. The molecule has 3 aliphatic rings. The number of phenols is 1. The van der Waals surface area contributed by atoms with Crippen molar-refractivity contribution < 1.29 is 39.9 Å². The molecule has 12 nitrogen and oxygen atoms in total. The van der Waals surface area contributed by atoms with Crippen LogP contribution in [0.5, 0.6) is 5.75 Å². The van der Waals surface area contributed by atoms with Crippen LogP contribution in [0.4, 0.5) is 5.69 Å². The number of ketones is 1. The summed E-state index contributed by atoms with van der Waals surface area (Å²) in [5.74, 6) is -10.3. The Balaban J connectivity index is 1.87. The van der Waals surface area contributed by atoms with Gasteiger partial charge >= 0.3 is 0 Å². The molecule has 4 atom stereocenters. The first-order valence-corrected chi connectivity index (χ1v) is 14.3. The molecule has 4 rings (SSSR count). The molecular formula is C31H42N4O8. The van der Waals surface area contributed by atoms with Crippen LogP contribution >= 0.6 is 0 Å². The van der Waals surface area contributed by atoms with E-state index in [2.05, 4.69) is 5.32 Å². The molecule has 3 unspecified atom stereocenters. The number of allylic oxidation sites excluding steroid dienone is 2. The van der Waals surface area contributed by atoms with Crippen molar-refractivity contribution in [2.24, 2.45) is 17.8 Å². The van der Waals surface area contributed by atoms with E-state index in [0.717, 1.165) is 18.2 Å². The molecule has 1 fully saturated rings. The lowest BCUT2D eigenvalue weighted by Crippen LogP contribution is -2.63. The number of hydrogen-bond donors (Lipinski definition) is 7. The summed E-state index contributed by atoms with van der Waals surface area (Å²) in [4.78, 5) is 42.2. The first-order valence-electron chi connectivity index (χ1n) is 14.3. The molecule has 1 saturated carbocycles. The van der Waals surface area contributed by atoms with Crippen molar-refractivity contribution >= 4 is 29.0 Å². The number of imide groups is 1. The zero-order valence-electron chi connectivity index (χ0n) is 25.6. The number of benzene rings is 1. The fourth-order valence-corrected chi connectivity index (χ4v) is 6.89. The predicted molar refractivity (Wildman–Crippen MR) is 160 cm³/mol. The van der Waals surface area contributed by atoms with E-state index >= 15 is 0 Å². The quantitative estimate of drug-likeness (QED) is 0.177. The minimum absolute atomic E-state index is 0.0682. The van der Waals surface area contributed by atoms with Gasteiger partial charge < -0.3 is 35.7 Å². The number of nitrogens with one attached hydrogen (secondary N) is 2. The van der Waals surface area contributed by atoms with Crippen molar-refractivity contribution in [3.63, 3.8) is 0 Å². The van der Waals surface area contributed by atoms with Gasteiger partial charge in [0.25, 0.3) is 5.91 Å². The van der Waals surface area contributed by atoms with Gasteiger partial charge in [0.2, 0.25) is 11.7 Å². The predicted octanol–water partition coefficient (Wildman–Crippen LogP) is 1.26. The van der Waals surface area contributed by atoms with Gasteiger partial charge in [0.05, 0.1) is 17.5 Å². The summed E-state index contributed by atoms with van der Waals surface area (Å²) in [7, 11) is 6.94. The SMILES string of the molecule is C/C=C(\C)CNCc1cc(N(C)C)c2c(c1O)C(O)=C1C(=O)C3C(CC1C2)[C@H](N(C)C)C(O)=C(C(=O)NC(C)=O)C3(O)O. The molecule has 0 aliphatic heterocycles. The molecule has 12 heteroatoms. The van der Waals surface area contributed by atoms with Crippen molar-refractivity contribution in [2.75, 3.05) is 39.6 Å². The summed E-state index contributed by atoms with van der Waals surface area (Å²) >= 11 is 0. The molecule has 234 valence electrons. The number of carbonyl (C=O) groups is 3. The van der Waals surface area contributed by atoms with Gasteiger partial charge in [-0.1, -0.05) is 11.6 Å². The molecule has 1 aromatic carbocycles. The molecule has 7 N–H and O–H groups in total. The second-order valence-electron chi connectivity index (χ2n) is 12.2. The van der Waals surface area contributed by atoms with E-state index < -0.39 is 64.3 Å². The molecule has 0 spiro atoms. The average Bonchev–Trinajstić information content (AvgIpc) is 2.87. The lowest BCUT2D eigenvalue weighted by molar-refractivity contribution is -0.204. The maximum absolute atomic E-state index is 14.2. The molecule has 3 aliphatic carbocycles. The van der Waals surface area contributed by atoms with Gasteiger partial charge in [-0.2, -0.15) is 0 Å². The van der Waals surface area contributed by atoms with Gasteiger partial charge in [0.1, 0.15) is 22.8 Å². The highest BCUT2D eigenvalue weighted by Crippen LogP contribution is 2.54. The number of phenolic OH excluding ortho intramolecular Hbond substituents is 1. The molecule has 0 bridgehead atoms. The number of rotatable bonds is 7. The Bertz CT molecular complexity index is 1460. The van der Waals surface area contributed by atoms with Gasteiger partial charge in [0, 0.05) is 50.9 Å². The average molecular weight is 599 g/mol. The summed E-state index contributed by atoms with van der Waals surface area (Å²) in [5.41, 5.74) is 2.17. The van der Waals surface area contributed by atoms with E-state index in [9.17, 15) is 39.9 Å². The normalized spacial score (nSPS) is 24.9. The molecule has 43 heavy (non-hydrogen) atoms. The second-order valence-corrected chi connectivity index (χ2v) is 12.2. The van der Waals surface area contributed by atoms with E-state index in [1.807, 2.05) is 50.3 Å². The number of aliphatic hydroxyl groups is 4. The largest absolute Gasteiger partial charge is 0.510 e. The number of aromatic hydroxyl groups is 1. The number of nitrogens with zero attached hydrogens (tertiary/aromatic N) is 2. The van der Waals surface area contributed by atoms with E-state index in [1.165, 1.54) is 0 Å². The Labute approximate surface area is 251 Å². The van der Waals surface area contributed by atoms with Gasteiger partial charge in [-0.05, 0) is 64.3 Å². The van der Waals surface area contributed by atoms with Crippen molar-refractivity contribution in [2.45, 2.75) is 52.0 Å². The third kappa shape index (κ3) is 5.44. The summed E-state index contributed by atoms with van der Waals surface area (Å²) < 4.78 is 0. The highest BCUT2D eigenvalue weighted by Gasteiger charge is 2.62. The van der Waals surface area contributed by atoms with Crippen LogP contribution in [0.25, 0.3) is 5.76 Å². The zero-order chi connectivity index (χ0) is 32.1. The van der Waals surface area contributed by atoms with Crippen LogP contribution in [-0.2, 0) is 27.3 Å². The number of fused-ring (bicyclic) bond motifs is 3. The lowest BCUT2D eigenvalue weighted by Gasteiger charge is -2.51. The number of carbonyl (C=O) groups excluding carboxylic acids is 3. The lowest BCUT2D eigenvalue weighted by atomic mass is 9.57. The maximum atomic E-state index is 14.2. The Hall–Kier alpha value is -3.71. The summed E-state index contributed by atoms with van der Waals surface area (Å²) in [6.07, 6.45) is 2.40. The van der Waals surface area contributed by atoms with Gasteiger partial charge in [0.15, 0.2) is 5.78 Å². The highest BCUT2D eigenvalue weighted by atomic mass is 16.5. The van der Waals surface area contributed by atoms with Crippen LogP contribution in [0.15, 0.2) is 34.6 Å². The first-order chi connectivity index (χ1) is 20.0. The molecule has 2 amide bonds. The van der Waals surface area contributed by atoms with Crippen LogP contribution in [0.3, 0.4) is 0 Å². The molecule has 0 saturated heterocycles. The minimum Gasteiger partial charge on any atom is -0.510 e. The van der Waals surface area contributed by atoms with Crippen molar-refractivity contribution in [3.05, 3.63) is 51.3 Å². The summed E-state index contributed by atoms with van der Waals surface area (Å²) in [6, 6.07) is 0.886. The maximum Gasteiger partial charge on any atom is 0.262 e.